The van der Waals surface area contributed by atoms with Crippen LogP contribution in [0.4, 0.5) is 0 Å². The summed E-state index contributed by atoms with van der Waals surface area (Å²) in [7, 11) is 0. The van der Waals surface area contributed by atoms with Crippen LogP contribution in [0.2, 0.25) is 0 Å². The van der Waals surface area contributed by atoms with Crippen LogP contribution in [0.5, 0.6) is 0 Å². The zero-order valence-corrected chi connectivity index (χ0v) is 5.32. The van der Waals surface area contributed by atoms with Gasteiger partial charge in [-0.3, -0.25) is 0 Å². The van der Waals surface area contributed by atoms with Crippen LogP contribution in [0.25, 0.3) is 0 Å². The van der Waals surface area contributed by atoms with E-state index in [2.05, 4.69) is 18.8 Å². The lowest BCUT2D eigenvalue weighted by atomic mass is 10.2. The average Bonchev–Trinajstić information content (AvgIpc) is 1.65. The summed E-state index contributed by atoms with van der Waals surface area (Å²) in [5.74, 6) is 0. The topological polar surface area (TPSA) is 46.2 Å². The van der Waals surface area contributed by atoms with Crippen LogP contribution in [0.3, 0.4) is 0 Å². The van der Waals surface area contributed by atoms with Gasteiger partial charge in [-0.05, 0) is 0 Å². The average molecular weight is 131 g/mol. The minimum Gasteiger partial charge on any atom is -0.393 e. The van der Waals surface area contributed by atoms with E-state index in [-0.39, 0.29) is 0 Å². The Labute approximate surface area is 54.0 Å². The summed E-state index contributed by atoms with van der Waals surface area (Å²) in [4.78, 5) is 0.317. The third-order valence-corrected chi connectivity index (χ3v) is 0.849. The molecule has 0 fully saturated rings. The van der Waals surface area contributed by atoms with E-state index in [1.165, 1.54) is 6.08 Å². The summed E-state index contributed by atoms with van der Waals surface area (Å²) in [5, 5.41) is 8.74. The van der Waals surface area contributed by atoms with Gasteiger partial charge in [-0.25, -0.2) is 0 Å². The van der Waals surface area contributed by atoms with Crippen LogP contribution in [-0.2, 0) is 0 Å². The van der Waals surface area contributed by atoms with Crippen molar-refractivity contribution in [3.8, 4) is 0 Å². The first kappa shape index (κ1) is 7.59. The molecular formula is C5H9NOS. The van der Waals surface area contributed by atoms with E-state index in [0.29, 0.717) is 11.4 Å². The van der Waals surface area contributed by atoms with E-state index in [1.807, 2.05) is 0 Å². The lowest BCUT2D eigenvalue weighted by Crippen LogP contribution is -2.15. The van der Waals surface area contributed by atoms with Gasteiger partial charge in [-0.2, -0.15) is 0 Å². The molecule has 0 bridgehead atoms. The van der Waals surface area contributed by atoms with E-state index in [0.717, 1.165) is 0 Å². The largest absolute Gasteiger partial charge is 0.393 e. The molecule has 0 aromatic carbocycles. The normalized spacial score (nSPS) is 12.6. The second-order valence-corrected chi connectivity index (χ2v) is 2.00. The molecule has 0 amide bonds. The maximum absolute atomic E-state index is 8.74. The molecule has 3 N–H and O–H groups in total. The van der Waals surface area contributed by atoms with Gasteiger partial charge in [-0.1, -0.05) is 18.3 Å². The van der Waals surface area contributed by atoms with Crippen molar-refractivity contribution in [2.45, 2.75) is 12.5 Å². The van der Waals surface area contributed by atoms with E-state index in [4.69, 9.17) is 10.8 Å². The molecule has 0 aliphatic heterocycles. The molecule has 3 heteroatoms. The molecule has 8 heavy (non-hydrogen) atoms. The van der Waals surface area contributed by atoms with Crippen molar-refractivity contribution in [3.05, 3.63) is 12.7 Å². The number of aliphatic hydroxyl groups is 1. The van der Waals surface area contributed by atoms with Gasteiger partial charge in [0.25, 0.3) is 0 Å². The molecule has 0 aliphatic rings. The lowest BCUT2D eigenvalue weighted by Gasteiger charge is -1.99. The monoisotopic (exact) mass is 131 g/mol. The Balaban J connectivity index is 3.38. The summed E-state index contributed by atoms with van der Waals surface area (Å²) in [5.41, 5.74) is 5.09. The Morgan fingerprint density at radius 3 is 2.62 bits per heavy atom. The summed E-state index contributed by atoms with van der Waals surface area (Å²) in [6.45, 7) is 3.35. The molecule has 0 spiro atoms. The fourth-order valence-corrected chi connectivity index (χ4v) is 0.460. The Bertz CT molecular complexity index is 103. The number of nitrogens with two attached hydrogens (primary N) is 1. The summed E-state index contributed by atoms with van der Waals surface area (Å²) < 4.78 is 0. The fourth-order valence-electron chi connectivity index (χ4n) is 0.289. The van der Waals surface area contributed by atoms with Crippen molar-refractivity contribution >= 4 is 17.2 Å². The molecule has 0 heterocycles. The number of rotatable bonds is 3. The maximum Gasteiger partial charge on any atom is 0.0781 e. The molecule has 1 atom stereocenters. The summed E-state index contributed by atoms with van der Waals surface area (Å²) in [6, 6.07) is 0. The van der Waals surface area contributed by atoms with Gasteiger partial charge in [0.2, 0.25) is 0 Å². The molecule has 0 aliphatic carbocycles. The maximum atomic E-state index is 8.74. The number of aliphatic hydroxyl groups excluding tert-OH is 1. The van der Waals surface area contributed by atoms with Crippen molar-refractivity contribution in [1.29, 1.82) is 0 Å². The standard InChI is InChI=1S/C5H9NOS/c1-2-4(7)3-5(6)8/h2,4,7H,1,3H2,(H2,6,8). The van der Waals surface area contributed by atoms with Crippen LogP contribution >= 0.6 is 12.2 Å². The van der Waals surface area contributed by atoms with Crippen molar-refractivity contribution in [3.63, 3.8) is 0 Å². The molecule has 0 rings (SSSR count). The Morgan fingerprint density at radius 2 is 2.50 bits per heavy atom. The van der Waals surface area contributed by atoms with Crippen LogP contribution in [0.1, 0.15) is 6.42 Å². The summed E-state index contributed by atoms with van der Waals surface area (Å²) >= 11 is 4.51. The summed E-state index contributed by atoms with van der Waals surface area (Å²) in [6.07, 6.45) is 1.16. The third kappa shape index (κ3) is 3.77. The van der Waals surface area contributed by atoms with Gasteiger partial charge in [0.1, 0.15) is 0 Å². The highest BCUT2D eigenvalue weighted by atomic mass is 32.1. The van der Waals surface area contributed by atoms with Crippen LogP contribution in [0, 0.1) is 0 Å². The van der Waals surface area contributed by atoms with Crippen molar-refractivity contribution < 1.29 is 5.11 Å². The molecule has 1 unspecified atom stereocenters. The molecule has 0 aromatic rings. The molecular weight excluding hydrogens is 122 g/mol. The molecule has 0 saturated heterocycles. The van der Waals surface area contributed by atoms with Gasteiger partial charge >= 0.3 is 0 Å². The first-order chi connectivity index (χ1) is 3.66. The van der Waals surface area contributed by atoms with Crippen molar-refractivity contribution in [2.75, 3.05) is 0 Å². The smallest absolute Gasteiger partial charge is 0.0781 e. The van der Waals surface area contributed by atoms with Gasteiger partial charge in [0.15, 0.2) is 0 Å². The fraction of sp³-hybridized carbons (Fsp3) is 0.400. The minimum absolute atomic E-state index is 0.317. The Hall–Kier alpha value is -0.410. The highest BCUT2D eigenvalue weighted by Crippen LogP contribution is 1.90. The predicted octanol–water partition coefficient (Wildman–Crippen LogP) is 0.210. The molecule has 0 radical (unpaired) electrons. The Morgan fingerprint density at radius 1 is 2.00 bits per heavy atom. The first-order valence-corrected chi connectivity index (χ1v) is 2.66. The predicted molar refractivity (Wildman–Crippen MR) is 37.6 cm³/mol. The number of thiocarbonyl (C=S) groups is 1. The number of hydrogen-bond acceptors (Lipinski definition) is 2. The van der Waals surface area contributed by atoms with E-state index >= 15 is 0 Å². The quantitative estimate of drug-likeness (QED) is 0.425. The molecule has 2 nitrogen and oxygen atoms in total. The van der Waals surface area contributed by atoms with Crippen LogP contribution < -0.4 is 5.73 Å². The van der Waals surface area contributed by atoms with Crippen LogP contribution in [0.15, 0.2) is 12.7 Å². The van der Waals surface area contributed by atoms with Gasteiger partial charge < -0.3 is 10.8 Å². The van der Waals surface area contributed by atoms with E-state index < -0.39 is 6.10 Å². The SMILES string of the molecule is C=CC(O)CC(N)=S. The van der Waals surface area contributed by atoms with Gasteiger partial charge in [-0.15, -0.1) is 6.58 Å². The minimum atomic E-state index is -0.576. The second kappa shape index (κ2) is 3.57. The van der Waals surface area contributed by atoms with E-state index in [9.17, 15) is 0 Å². The van der Waals surface area contributed by atoms with Crippen molar-refractivity contribution in [2.24, 2.45) is 5.73 Å². The first-order valence-electron chi connectivity index (χ1n) is 2.25. The van der Waals surface area contributed by atoms with Gasteiger partial charge in [0.05, 0.1) is 11.1 Å². The molecule has 0 saturated carbocycles. The molecule has 46 valence electrons. The highest BCUT2D eigenvalue weighted by Gasteiger charge is 1.97. The van der Waals surface area contributed by atoms with Gasteiger partial charge in [0, 0.05) is 6.42 Å². The van der Waals surface area contributed by atoms with E-state index in [1.54, 1.807) is 0 Å². The molecule has 0 aromatic heterocycles. The third-order valence-electron chi connectivity index (χ3n) is 0.682. The van der Waals surface area contributed by atoms with Crippen LogP contribution in [-0.4, -0.2) is 16.2 Å². The van der Waals surface area contributed by atoms with Crippen molar-refractivity contribution in [1.82, 2.24) is 0 Å². The zero-order chi connectivity index (χ0) is 6.57. The second-order valence-electron chi connectivity index (χ2n) is 1.47. The lowest BCUT2D eigenvalue weighted by molar-refractivity contribution is 0.232. The number of hydrogen-bond donors (Lipinski definition) is 2. The highest BCUT2D eigenvalue weighted by molar-refractivity contribution is 7.80. The Kier molecular flexibility index (Phi) is 3.39. The zero-order valence-electron chi connectivity index (χ0n) is 4.50.